The molecule has 1 fully saturated rings. The summed E-state index contributed by atoms with van der Waals surface area (Å²) in [6.45, 7) is 1.54. The Morgan fingerprint density at radius 3 is 2.49 bits per heavy atom. The molecule has 1 aliphatic rings. The third-order valence-corrected chi connectivity index (χ3v) is 6.75. The third-order valence-electron chi connectivity index (χ3n) is 6.45. The summed E-state index contributed by atoms with van der Waals surface area (Å²) in [4.78, 5) is 13.8. The van der Waals surface area contributed by atoms with E-state index in [0.717, 1.165) is 18.4 Å². The van der Waals surface area contributed by atoms with Gasteiger partial charge in [-0.25, -0.2) is 4.39 Å². The SMILES string of the molecule is COc1cc(CN(CC2CC2)[C@H](CC(=O)O)c2ccc(Cl)c(F)c2)ccc1OCCn1c(O)ccc1O. The van der Waals surface area contributed by atoms with E-state index in [9.17, 15) is 24.5 Å². The molecule has 2 aromatic carbocycles. The number of aromatic nitrogens is 1. The maximum absolute atomic E-state index is 14.3. The molecular weight excluding hydrogens is 503 g/mol. The van der Waals surface area contributed by atoms with Crippen LogP contribution in [0.25, 0.3) is 0 Å². The van der Waals surface area contributed by atoms with Crippen LogP contribution in [-0.4, -0.2) is 51.0 Å². The first kappa shape index (κ1) is 26.6. The smallest absolute Gasteiger partial charge is 0.305 e. The molecule has 0 radical (unpaired) electrons. The maximum atomic E-state index is 14.3. The average Bonchev–Trinajstić information content (AvgIpc) is 3.63. The van der Waals surface area contributed by atoms with Gasteiger partial charge in [-0.3, -0.25) is 14.3 Å². The summed E-state index contributed by atoms with van der Waals surface area (Å²) in [5.74, 6) is -0.205. The normalized spacial score (nSPS) is 14.1. The van der Waals surface area contributed by atoms with E-state index in [-0.39, 0.29) is 36.4 Å². The van der Waals surface area contributed by atoms with Crippen LogP contribution in [0.1, 0.15) is 36.4 Å². The number of carboxylic acid groups (broad SMARTS) is 1. The summed E-state index contributed by atoms with van der Waals surface area (Å²) < 4.78 is 26.9. The van der Waals surface area contributed by atoms with Gasteiger partial charge in [-0.1, -0.05) is 23.7 Å². The molecule has 1 aromatic heterocycles. The Morgan fingerprint density at radius 1 is 1.14 bits per heavy atom. The molecule has 3 aromatic rings. The van der Waals surface area contributed by atoms with Gasteiger partial charge in [-0.2, -0.15) is 0 Å². The number of halogens is 2. The fraction of sp³-hybridized carbons (Fsp3) is 0.370. The number of carboxylic acids is 1. The fourth-order valence-electron chi connectivity index (χ4n) is 4.36. The second-order valence-electron chi connectivity index (χ2n) is 9.20. The Morgan fingerprint density at radius 2 is 1.86 bits per heavy atom. The van der Waals surface area contributed by atoms with Gasteiger partial charge in [0, 0.05) is 31.3 Å². The van der Waals surface area contributed by atoms with Gasteiger partial charge < -0.3 is 24.8 Å². The van der Waals surface area contributed by atoms with Crippen LogP contribution < -0.4 is 9.47 Å². The van der Waals surface area contributed by atoms with Gasteiger partial charge in [0.25, 0.3) is 0 Å². The monoisotopic (exact) mass is 532 g/mol. The maximum Gasteiger partial charge on any atom is 0.305 e. The number of rotatable bonds is 13. The summed E-state index contributed by atoms with van der Waals surface area (Å²) in [6, 6.07) is 12.2. The molecule has 1 saturated carbocycles. The molecule has 3 N–H and O–H groups in total. The first-order valence-corrected chi connectivity index (χ1v) is 12.4. The molecule has 0 spiro atoms. The van der Waals surface area contributed by atoms with Crippen LogP contribution in [0.5, 0.6) is 23.3 Å². The van der Waals surface area contributed by atoms with Crippen molar-refractivity contribution in [2.45, 2.75) is 38.4 Å². The number of nitrogens with zero attached hydrogens (tertiary/aromatic N) is 2. The summed E-state index contributed by atoms with van der Waals surface area (Å²) in [7, 11) is 1.53. The highest BCUT2D eigenvalue weighted by molar-refractivity contribution is 6.30. The Hall–Kier alpha value is -3.43. The zero-order valence-corrected chi connectivity index (χ0v) is 21.2. The quantitative estimate of drug-likeness (QED) is 0.278. The van der Waals surface area contributed by atoms with Gasteiger partial charge in [0.1, 0.15) is 12.4 Å². The van der Waals surface area contributed by atoms with E-state index >= 15 is 0 Å². The fourth-order valence-corrected chi connectivity index (χ4v) is 4.48. The first-order chi connectivity index (χ1) is 17.7. The van der Waals surface area contributed by atoms with Crippen LogP contribution in [-0.2, 0) is 17.9 Å². The Kier molecular flexibility index (Phi) is 8.45. The zero-order valence-electron chi connectivity index (χ0n) is 20.4. The van der Waals surface area contributed by atoms with E-state index in [1.807, 2.05) is 12.1 Å². The van der Waals surface area contributed by atoms with Crippen LogP contribution in [0.3, 0.4) is 0 Å². The molecule has 0 aliphatic heterocycles. The van der Waals surface area contributed by atoms with E-state index < -0.39 is 17.8 Å². The number of aromatic hydroxyl groups is 2. The lowest BCUT2D eigenvalue weighted by Crippen LogP contribution is -2.32. The standard InChI is InChI=1S/C27H30ClFN2O6/c1-36-24-12-18(4-7-23(24)37-11-10-31-25(32)8-9-26(31)33)16-30(15-17-2-3-17)22(14-27(34)35)19-5-6-20(28)21(29)13-19/h4-9,12-13,17,22,32-33H,2-3,10-11,14-16H2,1H3,(H,34,35)/t22-/m1/s1. The molecule has 4 rings (SSSR count). The highest BCUT2D eigenvalue weighted by Gasteiger charge is 2.31. The minimum atomic E-state index is -0.970. The lowest BCUT2D eigenvalue weighted by molar-refractivity contribution is -0.138. The van der Waals surface area contributed by atoms with Gasteiger partial charge in [0.05, 0.1) is 25.1 Å². The summed E-state index contributed by atoms with van der Waals surface area (Å²) in [5, 5.41) is 29.2. The molecule has 37 heavy (non-hydrogen) atoms. The summed E-state index contributed by atoms with van der Waals surface area (Å²) >= 11 is 5.87. The van der Waals surface area contributed by atoms with Crippen LogP contribution >= 0.6 is 11.6 Å². The minimum absolute atomic E-state index is 0.00547. The third kappa shape index (κ3) is 6.87. The van der Waals surface area contributed by atoms with Crippen molar-refractivity contribution in [3.8, 4) is 23.3 Å². The van der Waals surface area contributed by atoms with Crippen LogP contribution in [0.2, 0.25) is 5.02 Å². The van der Waals surface area contributed by atoms with E-state index in [1.54, 1.807) is 12.1 Å². The van der Waals surface area contributed by atoms with E-state index in [1.165, 1.54) is 35.9 Å². The highest BCUT2D eigenvalue weighted by atomic mass is 35.5. The predicted octanol–water partition coefficient (Wildman–Crippen LogP) is 5.21. The second-order valence-corrected chi connectivity index (χ2v) is 9.60. The molecule has 0 bridgehead atoms. The first-order valence-electron chi connectivity index (χ1n) is 12.0. The van der Waals surface area contributed by atoms with Gasteiger partial charge in [-0.15, -0.1) is 0 Å². The number of methoxy groups -OCH3 is 1. The van der Waals surface area contributed by atoms with Crippen molar-refractivity contribution < 1.29 is 34.0 Å². The molecule has 1 heterocycles. The molecule has 0 saturated heterocycles. The van der Waals surface area contributed by atoms with Gasteiger partial charge in [0.15, 0.2) is 23.3 Å². The van der Waals surface area contributed by atoms with Crippen molar-refractivity contribution in [2.75, 3.05) is 20.3 Å². The van der Waals surface area contributed by atoms with Crippen LogP contribution in [0.15, 0.2) is 48.5 Å². The second kappa shape index (κ2) is 11.7. The van der Waals surface area contributed by atoms with Crippen molar-refractivity contribution in [1.82, 2.24) is 9.47 Å². The van der Waals surface area contributed by atoms with E-state index in [4.69, 9.17) is 21.1 Å². The number of ether oxygens (including phenoxy) is 2. The number of carbonyl (C=O) groups is 1. The summed E-state index contributed by atoms with van der Waals surface area (Å²) in [5.41, 5.74) is 1.45. The topological polar surface area (TPSA) is 104 Å². The van der Waals surface area contributed by atoms with Crippen molar-refractivity contribution in [1.29, 1.82) is 0 Å². The number of benzene rings is 2. The Balaban J connectivity index is 1.52. The van der Waals surface area contributed by atoms with Crippen molar-refractivity contribution in [3.05, 3.63) is 70.5 Å². The van der Waals surface area contributed by atoms with Crippen LogP contribution in [0, 0.1) is 11.7 Å². The Labute approximate surface area is 219 Å². The van der Waals surface area contributed by atoms with Crippen molar-refractivity contribution in [3.63, 3.8) is 0 Å². The molecule has 1 atom stereocenters. The highest BCUT2D eigenvalue weighted by Crippen LogP contribution is 2.37. The van der Waals surface area contributed by atoms with Gasteiger partial charge in [0.2, 0.25) is 0 Å². The molecule has 1 aliphatic carbocycles. The molecule has 0 unspecified atom stereocenters. The van der Waals surface area contributed by atoms with Gasteiger partial charge in [-0.05, 0) is 54.2 Å². The number of hydrogen-bond donors (Lipinski definition) is 3. The minimum Gasteiger partial charge on any atom is -0.494 e. The lowest BCUT2D eigenvalue weighted by Gasteiger charge is -2.32. The molecule has 10 heteroatoms. The van der Waals surface area contributed by atoms with Crippen molar-refractivity contribution in [2.24, 2.45) is 5.92 Å². The molecule has 0 amide bonds. The van der Waals surface area contributed by atoms with Gasteiger partial charge >= 0.3 is 5.97 Å². The van der Waals surface area contributed by atoms with Crippen molar-refractivity contribution >= 4 is 17.6 Å². The molecular formula is C27H30ClFN2O6. The van der Waals surface area contributed by atoms with Crippen LogP contribution in [0.4, 0.5) is 4.39 Å². The predicted molar refractivity (Wildman–Crippen MR) is 136 cm³/mol. The summed E-state index contributed by atoms with van der Waals surface area (Å²) in [6.07, 6.45) is 1.98. The lowest BCUT2D eigenvalue weighted by atomic mass is 10.00. The van der Waals surface area contributed by atoms with E-state index in [0.29, 0.717) is 36.1 Å². The number of aliphatic carboxylic acids is 1. The average molecular weight is 533 g/mol. The van der Waals surface area contributed by atoms with E-state index in [2.05, 4.69) is 4.90 Å². The molecule has 8 nitrogen and oxygen atoms in total. The zero-order chi connectivity index (χ0) is 26.5. The largest absolute Gasteiger partial charge is 0.494 e. The molecule has 198 valence electrons. The Bertz CT molecular complexity index is 1230. The number of hydrogen-bond acceptors (Lipinski definition) is 6.